The van der Waals surface area contributed by atoms with Crippen molar-refractivity contribution in [2.45, 2.75) is 44.2 Å². The van der Waals surface area contributed by atoms with Gasteiger partial charge in [0, 0.05) is 24.2 Å². The Labute approximate surface area is 168 Å². The van der Waals surface area contributed by atoms with Crippen LogP contribution in [0, 0.1) is 6.92 Å². The predicted octanol–water partition coefficient (Wildman–Crippen LogP) is 3.66. The molecule has 3 aromatic heterocycles. The van der Waals surface area contributed by atoms with Gasteiger partial charge < -0.3 is 11.1 Å². The van der Waals surface area contributed by atoms with Crippen LogP contribution < -0.4 is 11.1 Å². The molecule has 0 spiro atoms. The Kier molecular flexibility index (Phi) is 4.84. The second-order valence-electron chi connectivity index (χ2n) is 7.00. The summed E-state index contributed by atoms with van der Waals surface area (Å²) >= 11 is 7.26. The van der Waals surface area contributed by atoms with Gasteiger partial charge in [0.15, 0.2) is 5.01 Å². The molecule has 0 bridgehead atoms. The summed E-state index contributed by atoms with van der Waals surface area (Å²) in [4.78, 5) is 16.9. The molecule has 148 valence electrons. The van der Waals surface area contributed by atoms with Crippen LogP contribution in [-0.2, 0) is 0 Å². The summed E-state index contributed by atoms with van der Waals surface area (Å²) in [5, 5.41) is 6.64. The number of pyridine rings is 1. The fourth-order valence-corrected chi connectivity index (χ4v) is 4.53. The molecule has 0 aromatic carbocycles. The lowest BCUT2D eigenvalue weighted by atomic mass is 9.87. The van der Waals surface area contributed by atoms with Gasteiger partial charge in [-0.3, -0.25) is 4.79 Å². The van der Waals surface area contributed by atoms with Gasteiger partial charge in [0.2, 0.25) is 0 Å². The first kappa shape index (κ1) is 19.2. The smallest absolute Gasteiger partial charge is 0.280 e. The van der Waals surface area contributed by atoms with E-state index in [0.29, 0.717) is 28.4 Å². The van der Waals surface area contributed by atoms with Crippen LogP contribution in [0.1, 0.15) is 34.6 Å². The monoisotopic (exact) mass is 425 g/mol. The average molecular weight is 426 g/mol. The van der Waals surface area contributed by atoms with Gasteiger partial charge in [0.25, 0.3) is 11.8 Å². The summed E-state index contributed by atoms with van der Waals surface area (Å²) in [6.07, 6.45) is 3.91. The molecule has 4 rings (SSSR count). The second-order valence-corrected chi connectivity index (χ2v) is 8.60. The Balaban J connectivity index is 1.64. The fourth-order valence-electron chi connectivity index (χ4n) is 3.46. The number of aryl methyl sites for hydroxylation is 1. The zero-order valence-corrected chi connectivity index (χ0v) is 16.5. The lowest BCUT2D eigenvalue weighted by Gasteiger charge is -2.36. The van der Waals surface area contributed by atoms with Gasteiger partial charge in [0.1, 0.15) is 16.1 Å². The largest absolute Gasteiger partial charge is 0.340 e. The van der Waals surface area contributed by atoms with Gasteiger partial charge in [-0.15, -0.1) is 0 Å². The number of amides is 1. The molecule has 1 aliphatic carbocycles. The number of fused-ring (bicyclic) bond motifs is 1. The van der Waals surface area contributed by atoms with Crippen molar-refractivity contribution in [3.05, 3.63) is 39.4 Å². The second kappa shape index (κ2) is 7.06. The van der Waals surface area contributed by atoms with E-state index in [4.69, 9.17) is 17.3 Å². The standard InChI is InChI=1S/C18H18ClF2N5OS/c1-9-4-6-26-12(7-9)10(8-23-26)13-15(19)28-17(24-13)16(27)25-14-11(22)3-2-5-18(14,20)21/h4,6-8,11,14H,2-3,5,22H2,1H3,(H,25,27)/t11-,14+/m0/s1. The number of thiazole rings is 1. The summed E-state index contributed by atoms with van der Waals surface area (Å²) in [7, 11) is 0. The number of hydrogen-bond acceptors (Lipinski definition) is 5. The van der Waals surface area contributed by atoms with Crippen molar-refractivity contribution >= 4 is 34.4 Å². The quantitative estimate of drug-likeness (QED) is 0.670. The minimum atomic E-state index is -3.04. The van der Waals surface area contributed by atoms with Crippen LogP contribution in [0.2, 0.25) is 4.34 Å². The zero-order valence-electron chi connectivity index (χ0n) is 15.0. The summed E-state index contributed by atoms with van der Waals surface area (Å²) in [6, 6.07) is 1.63. The van der Waals surface area contributed by atoms with E-state index in [1.807, 2.05) is 25.3 Å². The highest BCUT2D eigenvalue weighted by Gasteiger charge is 2.46. The van der Waals surface area contributed by atoms with Crippen LogP contribution in [0.4, 0.5) is 8.78 Å². The van der Waals surface area contributed by atoms with E-state index in [2.05, 4.69) is 15.4 Å². The lowest BCUT2D eigenvalue weighted by molar-refractivity contribution is -0.0674. The summed E-state index contributed by atoms with van der Waals surface area (Å²) in [6.45, 7) is 1.95. The van der Waals surface area contributed by atoms with Crippen molar-refractivity contribution in [3.8, 4) is 11.3 Å². The van der Waals surface area contributed by atoms with Crippen molar-refractivity contribution in [3.63, 3.8) is 0 Å². The van der Waals surface area contributed by atoms with Crippen LogP contribution in [-0.4, -0.2) is 38.5 Å². The molecule has 1 aliphatic rings. The molecule has 6 nitrogen and oxygen atoms in total. The van der Waals surface area contributed by atoms with Gasteiger partial charge in [-0.2, -0.15) is 5.10 Å². The van der Waals surface area contributed by atoms with Crippen molar-refractivity contribution in [2.24, 2.45) is 5.73 Å². The highest BCUT2D eigenvalue weighted by Crippen LogP contribution is 2.36. The fraction of sp³-hybridized carbons (Fsp3) is 0.389. The van der Waals surface area contributed by atoms with E-state index in [1.54, 1.807) is 10.7 Å². The van der Waals surface area contributed by atoms with Crippen LogP contribution in [0.3, 0.4) is 0 Å². The molecule has 0 unspecified atom stereocenters. The zero-order chi connectivity index (χ0) is 20.1. The molecule has 3 aromatic rings. The summed E-state index contributed by atoms with van der Waals surface area (Å²) in [5.74, 6) is -3.75. The highest BCUT2D eigenvalue weighted by atomic mass is 35.5. The first-order chi connectivity index (χ1) is 13.3. The molecule has 1 amide bonds. The Morgan fingerprint density at radius 1 is 1.50 bits per heavy atom. The van der Waals surface area contributed by atoms with Gasteiger partial charge in [-0.1, -0.05) is 22.9 Å². The van der Waals surface area contributed by atoms with E-state index in [0.717, 1.165) is 22.4 Å². The normalized spacial score (nSPS) is 21.8. The van der Waals surface area contributed by atoms with Crippen molar-refractivity contribution in [2.75, 3.05) is 0 Å². The maximum absolute atomic E-state index is 14.2. The van der Waals surface area contributed by atoms with Crippen molar-refractivity contribution in [1.29, 1.82) is 0 Å². The Hall–Kier alpha value is -2.10. The Bertz CT molecular complexity index is 1050. The number of rotatable bonds is 3. The van der Waals surface area contributed by atoms with E-state index in [-0.39, 0.29) is 11.4 Å². The first-order valence-electron chi connectivity index (χ1n) is 8.81. The minimum Gasteiger partial charge on any atom is -0.340 e. The van der Waals surface area contributed by atoms with Crippen molar-refractivity contribution in [1.82, 2.24) is 19.9 Å². The Morgan fingerprint density at radius 2 is 2.29 bits per heavy atom. The SMILES string of the molecule is Cc1ccn2ncc(-c3nc(C(=O)N[C@@H]4[C@@H](N)CCCC4(F)F)sc3Cl)c2c1. The third-order valence-electron chi connectivity index (χ3n) is 4.93. The van der Waals surface area contributed by atoms with E-state index >= 15 is 0 Å². The first-order valence-corrected chi connectivity index (χ1v) is 10.0. The molecule has 3 N–H and O–H groups in total. The van der Waals surface area contributed by atoms with E-state index in [9.17, 15) is 13.6 Å². The number of hydrogen-bond donors (Lipinski definition) is 2. The van der Waals surface area contributed by atoms with Crippen LogP contribution in [0.15, 0.2) is 24.5 Å². The molecular formula is C18H18ClF2N5OS. The van der Waals surface area contributed by atoms with Gasteiger partial charge in [-0.25, -0.2) is 18.3 Å². The highest BCUT2D eigenvalue weighted by molar-refractivity contribution is 7.18. The van der Waals surface area contributed by atoms with Crippen LogP contribution >= 0.6 is 22.9 Å². The number of nitrogens with zero attached hydrogens (tertiary/aromatic N) is 3. The molecule has 1 saturated carbocycles. The van der Waals surface area contributed by atoms with Gasteiger partial charge in [0.05, 0.1) is 11.7 Å². The molecule has 0 aliphatic heterocycles. The van der Waals surface area contributed by atoms with Gasteiger partial charge in [-0.05, 0) is 37.5 Å². The maximum atomic E-state index is 14.2. The molecule has 2 atom stereocenters. The summed E-state index contributed by atoms with van der Waals surface area (Å²) < 4.78 is 30.3. The molecular weight excluding hydrogens is 408 g/mol. The van der Waals surface area contributed by atoms with Crippen LogP contribution in [0.25, 0.3) is 16.8 Å². The number of nitrogens with two attached hydrogens (primary N) is 1. The topological polar surface area (TPSA) is 85.3 Å². The number of halogens is 3. The van der Waals surface area contributed by atoms with Crippen LogP contribution in [0.5, 0.6) is 0 Å². The number of carbonyl (C=O) groups is 1. The molecule has 3 heterocycles. The number of nitrogens with one attached hydrogen (secondary N) is 1. The molecule has 10 heteroatoms. The average Bonchev–Trinajstić information content (AvgIpc) is 3.20. The predicted molar refractivity (Wildman–Crippen MR) is 104 cm³/mol. The minimum absolute atomic E-state index is 0.0144. The third-order valence-corrected chi connectivity index (χ3v) is 6.18. The Morgan fingerprint density at radius 3 is 3.04 bits per heavy atom. The maximum Gasteiger partial charge on any atom is 0.280 e. The number of aromatic nitrogens is 3. The number of carbonyl (C=O) groups excluding carboxylic acids is 1. The molecule has 1 fully saturated rings. The molecule has 28 heavy (non-hydrogen) atoms. The van der Waals surface area contributed by atoms with E-state index < -0.39 is 23.9 Å². The number of alkyl halides is 2. The van der Waals surface area contributed by atoms with Gasteiger partial charge >= 0.3 is 0 Å². The lowest BCUT2D eigenvalue weighted by Crippen LogP contribution is -2.59. The van der Waals surface area contributed by atoms with E-state index in [1.165, 1.54) is 0 Å². The van der Waals surface area contributed by atoms with Crippen molar-refractivity contribution < 1.29 is 13.6 Å². The summed E-state index contributed by atoms with van der Waals surface area (Å²) in [5.41, 5.74) is 8.72. The molecule has 0 saturated heterocycles. The third kappa shape index (κ3) is 3.38. The molecule has 0 radical (unpaired) electrons.